The molecular weight excluding hydrogens is 340 g/mol. The minimum Gasteiger partial charge on any atom is -0.347 e. The van der Waals surface area contributed by atoms with E-state index in [0.29, 0.717) is 6.42 Å². The van der Waals surface area contributed by atoms with Gasteiger partial charge in [0, 0.05) is 17.4 Å². The van der Waals surface area contributed by atoms with Crippen molar-refractivity contribution in [1.82, 2.24) is 10.6 Å². The third kappa shape index (κ3) is 4.21. The van der Waals surface area contributed by atoms with Crippen molar-refractivity contribution in [3.63, 3.8) is 0 Å². The summed E-state index contributed by atoms with van der Waals surface area (Å²) in [5.41, 5.74) is 1.08. The standard InChI is InChI=1S/C15H21BrN2O.ClH/c1-17-11-8-14(19)18-15(9-2-3-10-15)12-4-6-13(16)7-5-12;/h4-7,17H,2-3,8-11H2,1H3,(H,18,19);1H. The number of hydrogen-bond acceptors (Lipinski definition) is 2. The number of hydrogen-bond donors (Lipinski definition) is 2. The zero-order chi connectivity index (χ0) is 13.7. The minimum atomic E-state index is -0.147. The number of carbonyl (C=O) groups is 1. The van der Waals surface area contributed by atoms with Crippen molar-refractivity contribution in [3.05, 3.63) is 34.3 Å². The Labute approximate surface area is 135 Å². The summed E-state index contributed by atoms with van der Waals surface area (Å²) in [6.45, 7) is 0.724. The van der Waals surface area contributed by atoms with Crippen molar-refractivity contribution in [1.29, 1.82) is 0 Å². The van der Waals surface area contributed by atoms with E-state index in [4.69, 9.17) is 0 Å². The van der Waals surface area contributed by atoms with Crippen LogP contribution in [0.15, 0.2) is 28.7 Å². The summed E-state index contributed by atoms with van der Waals surface area (Å²) in [4.78, 5) is 12.0. The van der Waals surface area contributed by atoms with Gasteiger partial charge >= 0.3 is 0 Å². The van der Waals surface area contributed by atoms with Crippen molar-refractivity contribution >= 4 is 34.2 Å². The highest BCUT2D eigenvalue weighted by atomic mass is 79.9. The molecule has 2 N–H and O–H groups in total. The summed E-state index contributed by atoms with van der Waals surface area (Å²) in [6, 6.07) is 8.34. The molecule has 3 nitrogen and oxygen atoms in total. The number of nitrogens with one attached hydrogen (secondary N) is 2. The minimum absolute atomic E-state index is 0. The van der Waals surface area contributed by atoms with Gasteiger partial charge < -0.3 is 10.6 Å². The Morgan fingerprint density at radius 1 is 1.25 bits per heavy atom. The lowest BCUT2D eigenvalue weighted by molar-refractivity contribution is -0.123. The first-order valence-corrected chi connectivity index (χ1v) is 7.67. The van der Waals surface area contributed by atoms with Gasteiger partial charge in [-0.1, -0.05) is 40.9 Å². The molecule has 1 fully saturated rings. The zero-order valence-electron chi connectivity index (χ0n) is 11.7. The van der Waals surface area contributed by atoms with Crippen LogP contribution in [0.2, 0.25) is 0 Å². The fourth-order valence-corrected chi connectivity index (χ4v) is 3.07. The molecule has 0 radical (unpaired) electrons. The summed E-state index contributed by atoms with van der Waals surface area (Å²) in [5, 5.41) is 6.28. The van der Waals surface area contributed by atoms with E-state index >= 15 is 0 Å². The van der Waals surface area contributed by atoms with Gasteiger partial charge in [-0.15, -0.1) is 12.4 Å². The van der Waals surface area contributed by atoms with Crippen LogP contribution in [0.4, 0.5) is 0 Å². The molecule has 20 heavy (non-hydrogen) atoms. The highest BCUT2D eigenvalue weighted by Crippen LogP contribution is 2.39. The predicted molar refractivity (Wildman–Crippen MR) is 88.2 cm³/mol. The molecule has 1 aliphatic rings. The SMILES string of the molecule is CNCCC(=O)NC1(c2ccc(Br)cc2)CCCC1.Cl. The fourth-order valence-electron chi connectivity index (χ4n) is 2.80. The monoisotopic (exact) mass is 360 g/mol. The van der Waals surface area contributed by atoms with Crippen LogP contribution >= 0.6 is 28.3 Å². The Kier molecular flexibility index (Phi) is 7.00. The van der Waals surface area contributed by atoms with E-state index in [9.17, 15) is 4.79 Å². The Morgan fingerprint density at radius 2 is 1.85 bits per heavy atom. The third-order valence-corrected chi connectivity index (χ3v) is 4.36. The van der Waals surface area contributed by atoms with Crippen LogP contribution in [0, 0.1) is 0 Å². The molecule has 0 unspecified atom stereocenters. The van der Waals surface area contributed by atoms with Crippen molar-refractivity contribution in [3.8, 4) is 0 Å². The van der Waals surface area contributed by atoms with E-state index in [1.54, 1.807) is 0 Å². The van der Waals surface area contributed by atoms with E-state index < -0.39 is 0 Å². The molecule has 1 amide bonds. The van der Waals surface area contributed by atoms with Crippen LogP contribution in [0.1, 0.15) is 37.7 Å². The lowest BCUT2D eigenvalue weighted by Crippen LogP contribution is -2.44. The van der Waals surface area contributed by atoms with Gasteiger partial charge in [-0.25, -0.2) is 0 Å². The Hall–Kier alpha value is -0.580. The second-order valence-electron chi connectivity index (χ2n) is 5.20. The number of rotatable bonds is 5. The van der Waals surface area contributed by atoms with E-state index in [0.717, 1.165) is 23.9 Å². The molecule has 0 aromatic heterocycles. The first-order valence-electron chi connectivity index (χ1n) is 6.88. The molecule has 0 saturated heterocycles. The van der Waals surface area contributed by atoms with Gasteiger partial charge in [0.2, 0.25) is 5.91 Å². The molecule has 0 heterocycles. The molecule has 1 aromatic carbocycles. The lowest BCUT2D eigenvalue weighted by Gasteiger charge is -2.31. The average molecular weight is 362 g/mol. The normalized spacial score (nSPS) is 16.5. The molecule has 1 aromatic rings. The van der Waals surface area contributed by atoms with Gasteiger partial charge in [-0.2, -0.15) is 0 Å². The second kappa shape index (κ2) is 8.01. The molecule has 5 heteroatoms. The molecule has 0 aliphatic heterocycles. The van der Waals surface area contributed by atoms with Crippen LogP contribution < -0.4 is 10.6 Å². The fraction of sp³-hybridized carbons (Fsp3) is 0.533. The molecule has 0 bridgehead atoms. The van der Waals surface area contributed by atoms with Crippen molar-refractivity contribution in [2.45, 2.75) is 37.6 Å². The van der Waals surface area contributed by atoms with Crippen LogP contribution in [-0.4, -0.2) is 19.5 Å². The highest BCUT2D eigenvalue weighted by molar-refractivity contribution is 9.10. The Bertz CT molecular complexity index is 430. The summed E-state index contributed by atoms with van der Waals surface area (Å²) < 4.78 is 1.07. The maximum absolute atomic E-state index is 12.0. The topological polar surface area (TPSA) is 41.1 Å². The van der Waals surface area contributed by atoms with E-state index in [-0.39, 0.29) is 23.9 Å². The quantitative estimate of drug-likeness (QED) is 0.844. The van der Waals surface area contributed by atoms with Crippen LogP contribution in [-0.2, 0) is 10.3 Å². The maximum atomic E-state index is 12.0. The first-order chi connectivity index (χ1) is 9.16. The average Bonchev–Trinajstić information content (AvgIpc) is 2.86. The number of amides is 1. The van der Waals surface area contributed by atoms with E-state index in [1.165, 1.54) is 18.4 Å². The maximum Gasteiger partial charge on any atom is 0.221 e. The Morgan fingerprint density at radius 3 is 2.40 bits per heavy atom. The van der Waals surface area contributed by atoms with Gasteiger partial charge in [0.1, 0.15) is 0 Å². The largest absolute Gasteiger partial charge is 0.347 e. The van der Waals surface area contributed by atoms with Gasteiger partial charge in [-0.3, -0.25) is 4.79 Å². The molecule has 1 aliphatic carbocycles. The molecule has 2 rings (SSSR count). The predicted octanol–water partition coefficient (Wildman–Crippen LogP) is 3.37. The molecule has 112 valence electrons. The Balaban J connectivity index is 0.00000200. The van der Waals surface area contributed by atoms with Gasteiger partial charge in [-0.05, 0) is 37.6 Å². The summed E-state index contributed by atoms with van der Waals surface area (Å²) in [7, 11) is 1.87. The smallest absolute Gasteiger partial charge is 0.221 e. The van der Waals surface area contributed by atoms with E-state index in [2.05, 4.69) is 50.8 Å². The second-order valence-corrected chi connectivity index (χ2v) is 6.11. The molecule has 0 spiro atoms. The van der Waals surface area contributed by atoms with Gasteiger partial charge in [0.15, 0.2) is 0 Å². The summed E-state index contributed by atoms with van der Waals surface area (Å²) in [6.07, 6.45) is 4.99. The lowest BCUT2D eigenvalue weighted by atomic mass is 9.88. The zero-order valence-corrected chi connectivity index (χ0v) is 14.1. The van der Waals surface area contributed by atoms with Crippen LogP contribution in [0.5, 0.6) is 0 Å². The number of benzene rings is 1. The van der Waals surface area contributed by atoms with Crippen LogP contribution in [0.25, 0.3) is 0 Å². The van der Waals surface area contributed by atoms with Crippen molar-refractivity contribution in [2.75, 3.05) is 13.6 Å². The van der Waals surface area contributed by atoms with Crippen molar-refractivity contribution in [2.24, 2.45) is 0 Å². The first kappa shape index (κ1) is 17.5. The molecule has 1 saturated carbocycles. The number of carbonyl (C=O) groups excluding carboxylic acids is 1. The van der Waals surface area contributed by atoms with Gasteiger partial charge in [0.05, 0.1) is 5.54 Å². The summed E-state index contributed by atoms with van der Waals surface area (Å²) >= 11 is 3.46. The highest BCUT2D eigenvalue weighted by Gasteiger charge is 2.36. The summed E-state index contributed by atoms with van der Waals surface area (Å²) in [5.74, 6) is 0.138. The van der Waals surface area contributed by atoms with Gasteiger partial charge in [0.25, 0.3) is 0 Å². The molecular formula is C15H22BrClN2O. The third-order valence-electron chi connectivity index (χ3n) is 3.83. The molecule has 0 atom stereocenters. The van der Waals surface area contributed by atoms with E-state index in [1.807, 2.05) is 7.05 Å². The number of halogens is 2. The van der Waals surface area contributed by atoms with Crippen molar-refractivity contribution < 1.29 is 4.79 Å². The van der Waals surface area contributed by atoms with Crippen LogP contribution in [0.3, 0.4) is 0 Å².